The molecule has 3 nitrogen and oxygen atoms in total. The molecule has 2 heterocycles. The van der Waals surface area contributed by atoms with E-state index >= 15 is 0 Å². The van der Waals surface area contributed by atoms with Gasteiger partial charge in [0.05, 0.1) is 0 Å². The van der Waals surface area contributed by atoms with E-state index in [9.17, 15) is 0 Å². The largest absolute Gasteiger partial charge is 0.485 e. The van der Waals surface area contributed by atoms with E-state index in [1.54, 1.807) is 12.3 Å². The van der Waals surface area contributed by atoms with Crippen LogP contribution in [0.1, 0.15) is 18.1 Å². The van der Waals surface area contributed by atoms with Gasteiger partial charge in [-0.3, -0.25) is 0 Å². The molecule has 104 valence electrons. The average Bonchev–Trinajstić information content (AvgIpc) is 3.00. The third-order valence-corrected chi connectivity index (χ3v) is 3.82. The van der Waals surface area contributed by atoms with Gasteiger partial charge in [-0.25, -0.2) is 4.98 Å². The Balaban J connectivity index is 1.85. The van der Waals surface area contributed by atoms with Crippen molar-refractivity contribution in [2.75, 3.05) is 13.1 Å². The molecule has 1 aliphatic rings. The fourth-order valence-electron chi connectivity index (χ4n) is 2.62. The molecule has 3 rings (SSSR count). The van der Waals surface area contributed by atoms with Crippen molar-refractivity contribution in [2.45, 2.75) is 12.5 Å². The maximum atomic E-state index is 6.20. The van der Waals surface area contributed by atoms with Crippen LogP contribution in [0, 0.1) is 5.92 Å². The fourth-order valence-corrected chi connectivity index (χ4v) is 2.78. The topological polar surface area (TPSA) is 34.1 Å². The Kier molecular flexibility index (Phi) is 4.19. The summed E-state index contributed by atoms with van der Waals surface area (Å²) in [6, 6.07) is 14.0. The van der Waals surface area contributed by atoms with E-state index in [1.807, 2.05) is 24.3 Å². The van der Waals surface area contributed by atoms with E-state index in [0.29, 0.717) is 11.1 Å². The van der Waals surface area contributed by atoms with Crippen molar-refractivity contribution in [3.63, 3.8) is 0 Å². The number of ether oxygens (including phenoxy) is 1. The van der Waals surface area contributed by atoms with E-state index in [1.165, 1.54) is 5.56 Å². The molecular weight excluding hydrogens is 272 g/mol. The SMILES string of the molecule is Clc1cc(OC(c2ccccc2)C2CCNC2)ccn1. The van der Waals surface area contributed by atoms with Crippen molar-refractivity contribution in [1.82, 2.24) is 10.3 Å². The molecule has 0 spiro atoms. The number of aromatic nitrogens is 1. The fraction of sp³-hybridized carbons (Fsp3) is 0.312. The monoisotopic (exact) mass is 288 g/mol. The smallest absolute Gasteiger partial charge is 0.132 e. The lowest BCUT2D eigenvalue weighted by atomic mass is 9.95. The van der Waals surface area contributed by atoms with Crippen LogP contribution in [0.3, 0.4) is 0 Å². The second-order valence-corrected chi connectivity index (χ2v) is 5.40. The third kappa shape index (κ3) is 3.11. The van der Waals surface area contributed by atoms with Crippen LogP contribution in [0.4, 0.5) is 0 Å². The highest BCUT2D eigenvalue weighted by atomic mass is 35.5. The normalized spacial score (nSPS) is 19.8. The zero-order chi connectivity index (χ0) is 13.8. The van der Waals surface area contributed by atoms with Gasteiger partial charge in [-0.05, 0) is 24.6 Å². The summed E-state index contributed by atoms with van der Waals surface area (Å²) in [6.07, 6.45) is 2.84. The van der Waals surface area contributed by atoms with E-state index in [-0.39, 0.29) is 6.10 Å². The standard InChI is InChI=1S/C16H17ClN2O/c17-15-10-14(7-9-19-15)20-16(13-6-8-18-11-13)12-4-2-1-3-5-12/h1-5,7,9-10,13,16,18H,6,8,11H2. The lowest BCUT2D eigenvalue weighted by Gasteiger charge is -2.24. The van der Waals surface area contributed by atoms with Crippen LogP contribution in [0.2, 0.25) is 5.15 Å². The molecule has 0 saturated carbocycles. The van der Waals surface area contributed by atoms with Crippen molar-refractivity contribution in [3.8, 4) is 5.75 Å². The van der Waals surface area contributed by atoms with Crippen molar-refractivity contribution in [1.29, 1.82) is 0 Å². The molecule has 2 aromatic rings. The van der Waals surface area contributed by atoms with Crippen LogP contribution < -0.4 is 10.1 Å². The van der Waals surface area contributed by atoms with Crippen LogP contribution in [0.5, 0.6) is 5.75 Å². The maximum Gasteiger partial charge on any atom is 0.132 e. The molecular formula is C16H17ClN2O. The molecule has 0 amide bonds. The number of nitrogens with one attached hydrogen (secondary N) is 1. The summed E-state index contributed by atoms with van der Waals surface area (Å²) in [6.45, 7) is 2.03. The molecule has 1 aromatic carbocycles. The highest BCUT2D eigenvalue weighted by Crippen LogP contribution is 2.32. The molecule has 1 aliphatic heterocycles. The van der Waals surface area contributed by atoms with Gasteiger partial charge in [-0.1, -0.05) is 41.9 Å². The second kappa shape index (κ2) is 6.25. The highest BCUT2D eigenvalue weighted by Gasteiger charge is 2.27. The summed E-state index contributed by atoms with van der Waals surface area (Å²) in [4.78, 5) is 3.99. The Hall–Kier alpha value is -1.58. The Morgan fingerprint density at radius 3 is 2.80 bits per heavy atom. The number of rotatable bonds is 4. The average molecular weight is 289 g/mol. The van der Waals surface area contributed by atoms with Crippen LogP contribution in [0.25, 0.3) is 0 Å². The number of hydrogen-bond acceptors (Lipinski definition) is 3. The number of hydrogen-bond donors (Lipinski definition) is 1. The molecule has 1 saturated heterocycles. The van der Waals surface area contributed by atoms with Gasteiger partial charge in [-0.15, -0.1) is 0 Å². The first-order valence-corrected chi connectivity index (χ1v) is 7.24. The minimum absolute atomic E-state index is 0.0460. The lowest BCUT2D eigenvalue weighted by Crippen LogP contribution is -2.21. The predicted molar refractivity (Wildman–Crippen MR) is 80.0 cm³/mol. The predicted octanol–water partition coefficient (Wildman–Crippen LogP) is 3.46. The molecule has 2 atom stereocenters. The van der Waals surface area contributed by atoms with Gasteiger partial charge >= 0.3 is 0 Å². The number of halogens is 1. The van der Waals surface area contributed by atoms with Gasteiger partial charge in [0.1, 0.15) is 17.0 Å². The third-order valence-electron chi connectivity index (χ3n) is 3.62. The van der Waals surface area contributed by atoms with Crippen LogP contribution in [0.15, 0.2) is 48.7 Å². The first-order chi connectivity index (χ1) is 9.83. The molecule has 1 aromatic heterocycles. The maximum absolute atomic E-state index is 6.20. The van der Waals surface area contributed by atoms with Crippen molar-refractivity contribution >= 4 is 11.6 Å². The number of benzene rings is 1. The summed E-state index contributed by atoms with van der Waals surface area (Å²) >= 11 is 5.93. The second-order valence-electron chi connectivity index (χ2n) is 5.02. The first kappa shape index (κ1) is 13.4. The van der Waals surface area contributed by atoms with Crippen molar-refractivity contribution in [3.05, 3.63) is 59.4 Å². The summed E-state index contributed by atoms with van der Waals surface area (Å²) in [5, 5.41) is 3.86. The number of pyridine rings is 1. The van der Waals surface area contributed by atoms with E-state index in [2.05, 4.69) is 22.4 Å². The highest BCUT2D eigenvalue weighted by molar-refractivity contribution is 6.29. The quantitative estimate of drug-likeness (QED) is 0.875. The van der Waals surface area contributed by atoms with E-state index < -0.39 is 0 Å². The lowest BCUT2D eigenvalue weighted by molar-refractivity contribution is 0.144. The van der Waals surface area contributed by atoms with Crippen LogP contribution >= 0.6 is 11.6 Å². The number of nitrogens with zero attached hydrogens (tertiary/aromatic N) is 1. The van der Waals surface area contributed by atoms with Gasteiger partial charge in [0, 0.05) is 24.7 Å². The summed E-state index contributed by atoms with van der Waals surface area (Å²) in [7, 11) is 0. The first-order valence-electron chi connectivity index (χ1n) is 6.87. The Morgan fingerprint density at radius 2 is 2.10 bits per heavy atom. The molecule has 1 fully saturated rings. The Labute approximate surface area is 123 Å². The summed E-state index contributed by atoms with van der Waals surface area (Å²) in [5.41, 5.74) is 1.20. The zero-order valence-corrected chi connectivity index (χ0v) is 11.9. The molecule has 20 heavy (non-hydrogen) atoms. The van der Waals surface area contributed by atoms with Gasteiger partial charge in [0.25, 0.3) is 0 Å². The van der Waals surface area contributed by atoms with Crippen molar-refractivity contribution < 1.29 is 4.74 Å². The molecule has 0 bridgehead atoms. The van der Waals surface area contributed by atoms with Gasteiger partial charge in [0.15, 0.2) is 0 Å². The van der Waals surface area contributed by atoms with Gasteiger partial charge in [0.2, 0.25) is 0 Å². The van der Waals surface area contributed by atoms with Gasteiger partial charge < -0.3 is 10.1 Å². The minimum atomic E-state index is 0.0460. The molecule has 4 heteroatoms. The Morgan fingerprint density at radius 1 is 1.25 bits per heavy atom. The molecule has 2 unspecified atom stereocenters. The van der Waals surface area contributed by atoms with E-state index in [4.69, 9.17) is 16.3 Å². The molecule has 0 radical (unpaired) electrons. The van der Waals surface area contributed by atoms with Gasteiger partial charge in [-0.2, -0.15) is 0 Å². The van der Waals surface area contributed by atoms with Crippen molar-refractivity contribution in [2.24, 2.45) is 5.92 Å². The summed E-state index contributed by atoms with van der Waals surface area (Å²) in [5.74, 6) is 1.25. The van der Waals surface area contributed by atoms with E-state index in [0.717, 1.165) is 25.3 Å². The molecule has 1 N–H and O–H groups in total. The minimum Gasteiger partial charge on any atom is -0.485 e. The summed E-state index contributed by atoms with van der Waals surface area (Å²) < 4.78 is 6.20. The van der Waals surface area contributed by atoms with Crippen LogP contribution in [-0.4, -0.2) is 18.1 Å². The zero-order valence-electron chi connectivity index (χ0n) is 11.1. The Bertz CT molecular complexity index is 555. The van der Waals surface area contributed by atoms with Crippen LogP contribution in [-0.2, 0) is 0 Å². The molecule has 0 aliphatic carbocycles.